The summed E-state index contributed by atoms with van der Waals surface area (Å²) in [5.41, 5.74) is 2.09. The summed E-state index contributed by atoms with van der Waals surface area (Å²) in [4.78, 5) is 0. The van der Waals surface area contributed by atoms with Crippen molar-refractivity contribution in [3.8, 4) is 0 Å². The monoisotopic (exact) mass is 270 g/mol. The second kappa shape index (κ2) is 8.43. The van der Waals surface area contributed by atoms with Gasteiger partial charge in [0.2, 0.25) is 0 Å². The van der Waals surface area contributed by atoms with Crippen molar-refractivity contribution in [3.05, 3.63) is 59.9 Å². The molecule has 106 valence electrons. The number of unbranched alkanes of at least 4 members (excludes halogenated alkanes) is 3. The van der Waals surface area contributed by atoms with Gasteiger partial charge in [0.25, 0.3) is 0 Å². The molecule has 20 heavy (non-hydrogen) atoms. The zero-order chi connectivity index (χ0) is 14.0. The molecule has 0 saturated heterocycles. The number of hydrogen-bond donors (Lipinski definition) is 1. The van der Waals surface area contributed by atoms with Crippen LogP contribution in [0.4, 0.5) is 0 Å². The standard InChI is InChI=1S/C17H22N2O/c20-17(16-12-8-14-18-19-16)13-7-2-1-4-9-15-10-5-3-6-11-15/h3,5-6,8,10-12,14,17,20H,1-2,4,7,9,13H2. The summed E-state index contributed by atoms with van der Waals surface area (Å²) in [7, 11) is 0. The molecule has 0 amide bonds. The number of aliphatic hydroxyl groups is 1. The van der Waals surface area contributed by atoms with Gasteiger partial charge in [-0.1, -0.05) is 49.6 Å². The molecule has 3 heteroatoms. The Morgan fingerprint density at radius 3 is 2.45 bits per heavy atom. The van der Waals surface area contributed by atoms with Crippen LogP contribution >= 0.6 is 0 Å². The highest BCUT2D eigenvalue weighted by atomic mass is 16.3. The lowest BCUT2D eigenvalue weighted by Crippen LogP contribution is -2.01. The van der Waals surface area contributed by atoms with E-state index in [0.717, 1.165) is 25.7 Å². The second-order valence-electron chi connectivity index (χ2n) is 5.10. The molecule has 0 aliphatic rings. The topological polar surface area (TPSA) is 46.0 Å². The van der Waals surface area contributed by atoms with Gasteiger partial charge in [0, 0.05) is 6.20 Å². The smallest absolute Gasteiger partial charge is 0.0978 e. The Hall–Kier alpha value is -1.74. The summed E-state index contributed by atoms with van der Waals surface area (Å²) in [6.07, 6.45) is 7.68. The fourth-order valence-electron chi connectivity index (χ4n) is 2.30. The van der Waals surface area contributed by atoms with E-state index in [1.165, 1.54) is 18.4 Å². The molecular weight excluding hydrogens is 248 g/mol. The van der Waals surface area contributed by atoms with E-state index in [-0.39, 0.29) is 0 Å². The SMILES string of the molecule is OC(CCCCCCc1ccccc1)c1cccnn1. The summed E-state index contributed by atoms with van der Waals surface area (Å²) < 4.78 is 0. The number of aliphatic hydroxyl groups excluding tert-OH is 1. The Kier molecular flexibility index (Phi) is 6.18. The van der Waals surface area contributed by atoms with E-state index in [2.05, 4.69) is 40.5 Å². The molecule has 0 saturated carbocycles. The molecule has 0 aliphatic carbocycles. The second-order valence-corrected chi connectivity index (χ2v) is 5.10. The van der Waals surface area contributed by atoms with Gasteiger partial charge in [0.05, 0.1) is 11.8 Å². The van der Waals surface area contributed by atoms with Gasteiger partial charge >= 0.3 is 0 Å². The molecule has 0 fully saturated rings. The van der Waals surface area contributed by atoms with E-state index < -0.39 is 6.10 Å². The van der Waals surface area contributed by atoms with Crippen LogP contribution in [0, 0.1) is 0 Å². The van der Waals surface area contributed by atoms with Gasteiger partial charge in [0.1, 0.15) is 0 Å². The van der Waals surface area contributed by atoms with Crippen LogP contribution in [0.25, 0.3) is 0 Å². The number of hydrogen-bond acceptors (Lipinski definition) is 3. The van der Waals surface area contributed by atoms with Crippen molar-refractivity contribution >= 4 is 0 Å². The molecule has 2 aromatic rings. The molecule has 1 atom stereocenters. The molecule has 1 aromatic heterocycles. The maximum atomic E-state index is 9.95. The molecule has 0 bridgehead atoms. The first kappa shape index (κ1) is 14.7. The van der Waals surface area contributed by atoms with E-state index in [9.17, 15) is 5.11 Å². The third-order valence-corrected chi connectivity index (χ3v) is 3.47. The van der Waals surface area contributed by atoms with Crippen molar-refractivity contribution in [3.63, 3.8) is 0 Å². The molecule has 3 nitrogen and oxygen atoms in total. The number of benzene rings is 1. The maximum Gasteiger partial charge on any atom is 0.0978 e. The first-order chi connectivity index (χ1) is 9.86. The minimum atomic E-state index is -0.474. The zero-order valence-electron chi connectivity index (χ0n) is 11.8. The van der Waals surface area contributed by atoms with Crippen molar-refractivity contribution in [1.29, 1.82) is 0 Å². The average molecular weight is 270 g/mol. The number of rotatable bonds is 8. The quantitative estimate of drug-likeness (QED) is 0.744. The Morgan fingerprint density at radius 1 is 0.900 bits per heavy atom. The molecule has 0 aliphatic heterocycles. The van der Waals surface area contributed by atoms with E-state index in [1.54, 1.807) is 6.20 Å². The summed E-state index contributed by atoms with van der Waals surface area (Å²) in [6.45, 7) is 0. The van der Waals surface area contributed by atoms with Crippen molar-refractivity contribution in [2.45, 2.75) is 44.6 Å². The van der Waals surface area contributed by atoms with Gasteiger partial charge in [-0.3, -0.25) is 0 Å². The number of aromatic nitrogens is 2. The summed E-state index contributed by atoms with van der Waals surface area (Å²) >= 11 is 0. The predicted octanol–water partition coefficient (Wildman–Crippen LogP) is 3.70. The lowest BCUT2D eigenvalue weighted by atomic mass is 10.0. The normalized spacial score (nSPS) is 12.2. The van der Waals surface area contributed by atoms with Gasteiger partial charge < -0.3 is 5.11 Å². The Morgan fingerprint density at radius 2 is 1.70 bits per heavy atom. The third kappa shape index (κ3) is 5.10. The van der Waals surface area contributed by atoms with E-state index >= 15 is 0 Å². The highest BCUT2D eigenvalue weighted by molar-refractivity contribution is 5.14. The molecule has 1 heterocycles. The van der Waals surface area contributed by atoms with Gasteiger partial charge in [-0.25, -0.2) is 0 Å². The van der Waals surface area contributed by atoms with E-state index in [0.29, 0.717) is 5.69 Å². The summed E-state index contributed by atoms with van der Waals surface area (Å²) in [5.74, 6) is 0. The Bertz CT molecular complexity index is 473. The highest BCUT2D eigenvalue weighted by Gasteiger charge is 2.08. The first-order valence-electron chi connectivity index (χ1n) is 7.36. The van der Waals surface area contributed by atoms with Crippen LogP contribution in [0.1, 0.15) is 49.5 Å². The molecule has 1 aromatic carbocycles. The van der Waals surface area contributed by atoms with Crippen LogP contribution in [-0.2, 0) is 6.42 Å². The minimum Gasteiger partial charge on any atom is -0.387 e. The minimum absolute atomic E-state index is 0.474. The molecular formula is C17H22N2O. The molecule has 1 N–H and O–H groups in total. The maximum absolute atomic E-state index is 9.95. The van der Waals surface area contributed by atoms with Gasteiger partial charge in [-0.2, -0.15) is 10.2 Å². The van der Waals surface area contributed by atoms with Crippen LogP contribution < -0.4 is 0 Å². The van der Waals surface area contributed by atoms with E-state index in [4.69, 9.17) is 0 Å². The largest absolute Gasteiger partial charge is 0.387 e. The molecule has 0 spiro atoms. The molecule has 0 radical (unpaired) electrons. The Balaban J connectivity index is 1.56. The number of aryl methyl sites for hydroxylation is 1. The van der Waals surface area contributed by atoms with Crippen LogP contribution in [0.3, 0.4) is 0 Å². The van der Waals surface area contributed by atoms with Gasteiger partial charge in [-0.15, -0.1) is 0 Å². The third-order valence-electron chi connectivity index (χ3n) is 3.47. The average Bonchev–Trinajstić information content (AvgIpc) is 2.52. The lowest BCUT2D eigenvalue weighted by Gasteiger charge is -2.08. The van der Waals surface area contributed by atoms with Crippen molar-refractivity contribution < 1.29 is 5.11 Å². The van der Waals surface area contributed by atoms with Crippen molar-refractivity contribution in [2.24, 2.45) is 0 Å². The Labute approximate surface area is 120 Å². The van der Waals surface area contributed by atoms with Crippen molar-refractivity contribution in [1.82, 2.24) is 10.2 Å². The van der Waals surface area contributed by atoms with E-state index in [1.807, 2.05) is 12.1 Å². The summed E-state index contributed by atoms with van der Waals surface area (Å²) in [6, 6.07) is 14.2. The number of nitrogens with zero attached hydrogens (tertiary/aromatic N) is 2. The molecule has 2 rings (SSSR count). The first-order valence-corrected chi connectivity index (χ1v) is 7.36. The highest BCUT2D eigenvalue weighted by Crippen LogP contribution is 2.17. The zero-order valence-corrected chi connectivity index (χ0v) is 11.8. The molecule has 1 unspecified atom stereocenters. The fraction of sp³-hybridized carbons (Fsp3) is 0.412. The lowest BCUT2D eigenvalue weighted by molar-refractivity contribution is 0.157. The predicted molar refractivity (Wildman–Crippen MR) is 80.2 cm³/mol. The van der Waals surface area contributed by atoms with Crippen LogP contribution in [-0.4, -0.2) is 15.3 Å². The van der Waals surface area contributed by atoms with Crippen molar-refractivity contribution in [2.75, 3.05) is 0 Å². The van der Waals surface area contributed by atoms with Crippen LogP contribution in [0.15, 0.2) is 48.7 Å². The summed E-state index contributed by atoms with van der Waals surface area (Å²) in [5, 5.41) is 17.7. The van der Waals surface area contributed by atoms with Crippen LogP contribution in [0.5, 0.6) is 0 Å². The van der Waals surface area contributed by atoms with Crippen LogP contribution in [0.2, 0.25) is 0 Å². The fourth-order valence-corrected chi connectivity index (χ4v) is 2.30. The van der Waals surface area contributed by atoms with Gasteiger partial charge in [-0.05, 0) is 37.0 Å². The van der Waals surface area contributed by atoms with Gasteiger partial charge in [0.15, 0.2) is 0 Å².